The number of piperidine rings is 1. The second-order valence-electron chi connectivity index (χ2n) is 6.35. The lowest BCUT2D eigenvalue weighted by Crippen LogP contribution is -2.46. The Morgan fingerprint density at radius 3 is 2.30 bits per heavy atom. The van der Waals surface area contributed by atoms with Crippen molar-refractivity contribution in [3.05, 3.63) is 35.9 Å². The largest absolute Gasteiger partial charge is 0.301 e. The molecule has 0 bridgehead atoms. The summed E-state index contributed by atoms with van der Waals surface area (Å²) in [5.74, 6) is 0.439. The molecule has 1 saturated heterocycles. The maximum absolute atomic E-state index is 12.8. The minimum atomic E-state index is -0.0821. The van der Waals surface area contributed by atoms with Gasteiger partial charge in [-0.15, -0.1) is 0 Å². The zero-order chi connectivity index (χ0) is 14.6. The summed E-state index contributed by atoms with van der Waals surface area (Å²) in [7, 11) is 0. The van der Waals surface area contributed by atoms with Crippen LogP contribution in [0, 0.1) is 5.41 Å². The summed E-state index contributed by atoms with van der Waals surface area (Å²) in [5.41, 5.74) is 1.07. The fourth-order valence-electron chi connectivity index (χ4n) is 3.27. The van der Waals surface area contributed by atoms with Crippen molar-refractivity contribution in [2.45, 2.75) is 52.5 Å². The smallest absolute Gasteiger partial charge is 0.143 e. The molecule has 0 aliphatic carbocycles. The molecule has 0 saturated carbocycles. The van der Waals surface area contributed by atoms with Gasteiger partial charge in [0.2, 0.25) is 0 Å². The molecule has 1 aromatic rings. The number of carbonyl (C=O) groups excluding carboxylic acids is 1. The lowest BCUT2D eigenvalue weighted by Gasteiger charge is -2.42. The molecule has 0 spiro atoms. The molecule has 20 heavy (non-hydrogen) atoms. The third-order valence-electron chi connectivity index (χ3n) is 4.96. The maximum Gasteiger partial charge on any atom is 0.143 e. The topological polar surface area (TPSA) is 20.3 Å². The first kappa shape index (κ1) is 15.2. The number of rotatable bonds is 5. The SMILES string of the molecule is CCC1(C(=O)Cc2ccccc2)CCN(C(C)C)CC1. The number of hydrogen-bond acceptors (Lipinski definition) is 2. The maximum atomic E-state index is 12.8. The summed E-state index contributed by atoms with van der Waals surface area (Å²) in [6.45, 7) is 8.78. The molecule has 0 unspecified atom stereocenters. The van der Waals surface area contributed by atoms with E-state index in [0.717, 1.165) is 37.9 Å². The van der Waals surface area contributed by atoms with E-state index in [4.69, 9.17) is 0 Å². The Morgan fingerprint density at radius 2 is 1.80 bits per heavy atom. The third kappa shape index (κ3) is 3.29. The van der Waals surface area contributed by atoms with E-state index in [1.807, 2.05) is 18.2 Å². The highest BCUT2D eigenvalue weighted by atomic mass is 16.1. The van der Waals surface area contributed by atoms with Crippen LogP contribution in [0.2, 0.25) is 0 Å². The molecule has 0 radical (unpaired) electrons. The molecular formula is C18H27NO. The number of carbonyl (C=O) groups is 1. The van der Waals surface area contributed by atoms with Gasteiger partial charge in [0.05, 0.1) is 0 Å². The van der Waals surface area contributed by atoms with Crippen molar-refractivity contribution in [3.63, 3.8) is 0 Å². The van der Waals surface area contributed by atoms with Gasteiger partial charge >= 0.3 is 0 Å². The van der Waals surface area contributed by atoms with Crippen molar-refractivity contribution in [2.24, 2.45) is 5.41 Å². The molecule has 1 aliphatic rings. The molecule has 0 N–H and O–H groups in total. The summed E-state index contributed by atoms with van der Waals surface area (Å²) >= 11 is 0. The van der Waals surface area contributed by atoms with Gasteiger partial charge in [0, 0.05) is 17.9 Å². The second-order valence-corrected chi connectivity index (χ2v) is 6.35. The number of nitrogens with zero attached hydrogens (tertiary/aromatic N) is 1. The molecule has 1 aromatic carbocycles. The molecule has 2 nitrogen and oxygen atoms in total. The van der Waals surface area contributed by atoms with E-state index >= 15 is 0 Å². The molecule has 1 aliphatic heterocycles. The molecule has 0 atom stereocenters. The van der Waals surface area contributed by atoms with Crippen LogP contribution in [0.5, 0.6) is 0 Å². The van der Waals surface area contributed by atoms with Crippen molar-refractivity contribution in [1.82, 2.24) is 4.90 Å². The minimum absolute atomic E-state index is 0.0821. The molecule has 2 heteroatoms. The van der Waals surface area contributed by atoms with Gasteiger partial charge in [-0.05, 0) is 51.8 Å². The van der Waals surface area contributed by atoms with Gasteiger partial charge in [-0.2, -0.15) is 0 Å². The first-order chi connectivity index (χ1) is 9.57. The second kappa shape index (κ2) is 6.53. The zero-order valence-electron chi connectivity index (χ0n) is 13.1. The van der Waals surface area contributed by atoms with E-state index in [9.17, 15) is 4.79 Å². The number of benzene rings is 1. The highest BCUT2D eigenvalue weighted by Gasteiger charge is 2.39. The van der Waals surface area contributed by atoms with E-state index in [0.29, 0.717) is 18.2 Å². The van der Waals surface area contributed by atoms with Crippen molar-refractivity contribution >= 4 is 5.78 Å². The van der Waals surface area contributed by atoms with Crippen LogP contribution >= 0.6 is 0 Å². The van der Waals surface area contributed by atoms with Gasteiger partial charge < -0.3 is 4.90 Å². The van der Waals surface area contributed by atoms with Crippen LogP contribution < -0.4 is 0 Å². The van der Waals surface area contributed by atoms with Crippen molar-refractivity contribution < 1.29 is 4.79 Å². The highest BCUT2D eigenvalue weighted by molar-refractivity contribution is 5.86. The molecule has 2 rings (SSSR count). The van der Waals surface area contributed by atoms with Crippen molar-refractivity contribution in [3.8, 4) is 0 Å². The summed E-state index contributed by atoms with van der Waals surface area (Å²) in [5, 5.41) is 0. The first-order valence-electron chi connectivity index (χ1n) is 7.89. The average Bonchev–Trinajstić information content (AvgIpc) is 2.48. The highest BCUT2D eigenvalue weighted by Crippen LogP contribution is 2.37. The Hall–Kier alpha value is -1.15. The van der Waals surface area contributed by atoms with Crippen LogP contribution in [0.1, 0.15) is 45.6 Å². The van der Waals surface area contributed by atoms with Crippen molar-refractivity contribution in [2.75, 3.05) is 13.1 Å². The zero-order valence-corrected chi connectivity index (χ0v) is 13.1. The van der Waals surface area contributed by atoms with Crippen LogP contribution in [-0.4, -0.2) is 29.8 Å². The van der Waals surface area contributed by atoms with Gasteiger partial charge in [-0.25, -0.2) is 0 Å². The van der Waals surface area contributed by atoms with E-state index in [-0.39, 0.29) is 5.41 Å². The normalized spacial score (nSPS) is 19.2. The fourth-order valence-corrected chi connectivity index (χ4v) is 3.27. The molecule has 1 fully saturated rings. The van der Waals surface area contributed by atoms with E-state index < -0.39 is 0 Å². The Balaban J connectivity index is 2.03. The van der Waals surface area contributed by atoms with Crippen LogP contribution in [0.15, 0.2) is 30.3 Å². The van der Waals surface area contributed by atoms with Crippen LogP contribution in [0.3, 0.4) is 0 Å². The van der Waals surface area contributed by atoms with E-state index in [1.54, 1.807) is 0 Å². The summed E-state index contributed by atoms with van der Waals surface area (Å²) in [6, 6.07) is 10.7. The minimum Gasteiger partial charge on any atom is -0.301 e. The lowest BCUT2D eigenvalue weighted by atomic mass is 9.71. The van der Waals surface area contributed by atoms with E-state index in [1.165, 1.54) is 0 Å². The Labute approximate surface area is 123 Å². The molecule has 0 aromatic heterocycles. The molecule has 1 heterocycles. The summed E-state index contributed by atoms with van der Waals surface area (Å²) in [6.07, 6.45) is 3.61. The van der Waals surface area contributed by atoms with Crippen LogP contribution in [0.25, 0.3) is 0 Å². The number of Topliss-reactive ketones (excluding diaryl/α,β-unsaturated/α-hetero) is 1. The molecule has 110 valence electrons. The number of ketones is 1. The van der Waals surface area contributed by atoms with Crippen LogP contribution in [-0.2, 0) is 11.2 Å². The van der Waals surface area contributed by atoms with Gasteiger partial charge in [0.25, 0.3) is 0 Å². The fraction of sp³-hybridized carbons (Fsp3) is 0.611. The predicted octanol–water partition coefficient (Wildman–Crippen LogP) is 3.70. The van der Waals surface area contributed by atoms with Crippen molar-refractivity contribution in [1.29, 1.82) is 0 Å². The van der Waals surface area contributed by atoms with Gasteiger partial charge in [0.15, 0.2) is 0 Å². The third-order valence-corrected chi connectivity index (χ3v) is 4.96. The number of hydrogen-bond donors (Lipinski definition) is 0. The average molecular weight is 273 g/mol. The molecule has 0 amide bonds. The number of likely N-dealkylation sites (tertiary alicyclic amines) is 1. The standard InChI is InChI=1S/C18H27NO/c1-4-18(10-12-19(13-11-18)15(2)3)17(20)14-16-8-6-5-7-9-16/h5-9,15H,4,10-14H2,1-3H3. The van der Waals surface area contributed by atoms with Gasteiger partial charge in [-0.1, -0.05) is 37.3 Å². The first-order valence-corrected chi connectivity index (χ1v) is 7.89. The Bertz CT molecular complexity index is 430. The predicted molar refractivity (Wildman–Crippen MR) is 83.8 cm³/mol. The lowest BCUT2D eigenvalue weighted by molar-refractivity contribution is -0.131. The Morgan fingerprint density at radius 1 is 1.20 bits per heavy atom. The molecular weight excluding hydrogens is 246 g/mol. The quantitative estimate of drug-likeness (QED) is 0.815. The van der Waals surface area contributed by atoms with Gasteiger partial charge in [0.1, 0.15) is 5.78 Å². The summed E-state index contributed by atoms with van der Waals surface area (Å²) in [4.78, 5) is 15.3. The monoisotopic (exact) mass is 273 g/mol. The Kier molecular flexibility index (Phi) is 4.98. The van der Waals surface area contributed by atoms with Gasteiger partial charge in [-0.3, -0.25) is 4.79 Å². The van der Waals surface area contributed by atoms with E-state index in [2.05, 4.69) is 37.8 Å². The van der Waals surface area contributed by atoms with Crippen LogP contribution in [0.4, 0.5) is 0 Å². The summed E-state index contributed by atoms with van der Waals surface area (Å²) < 4.78 is 0.